The van der Waals surface area contributed by atoms with Crippen LogP contribution in [0.3, 0.4) is 0 Å². The summed E-state index contributed by atoms with van der Waals surface area (Å²) < 4.78 is 31.5. The van der Waals surface area contributed by atoms with Crippen LogP contribution >= 0.6 is 0 Å². The number of esters is 1. The van der Waals surface area contributed by atoms with Gasteiger partial charge >= 0.3 is 5.97 Å². The van der Waals surface area contributed by atoms with E-state index in [4.69, 9.17) is 23.7 Å². The zero-order valence-corrected chi connectivity index (χ0v) is 31.5. The van der Waals surface area contributed by atoms with Crippen molar-refractivity contribution >= 4 is 5.97 Å². The fraction of sp³-hybridized carbons (Fsp3) is 0.975. The standard InChI is InChI=1S/C40H65NO8/c1-23-19-26(34(36(5,6)44)47-24(2)42)48-32-31(23)37(7)14-15-40-22-39(40)13-11-29(49-30-20-41(16-18-46-30)25-12-17-45-21-25)35(3,4)27(39)9-10-28(40)38(37,8)33(32)43/h23,25-34,43-44H,9-22H2,1-8H3/t23-,25?,26+,27+,28?,29?,30?,31+,32?,33+,34?,37?,38-,39?,40?/m1/s1. The highest BCUT2D eigenvalue weighted by molar-refractivity contribution is 5.66. The lowest BCUT2D eigenvalue weighted by atomic mass is 9.41. The average Bonchev–Trinajstić information content (AvgIpc) is 3.29. The Morgan fingerprint density at radius 1 is 1.00 bits per heavy atom. The van der Waals surface area contributed by atoms with Crippen LogP contribution in [0.5, 0.6) is 0 Å². The summed E-state index contributed by atoms with van der Waals surface area (Å²) >= 11 is 0. The third-order valence-electron chi connectivity index (χ3n) is 16.9. The quantitative estimate of drug-likeness (QED) is 0.358. The second kappa shape index (κ2) is 11.6. The molecule has 3 saturated heterocycles. The molecule has 278 valence electrons. The Bertz CT molecular complexity index is 1300. The third-order valence-corrected chi connectivity index (χ3v) is 16.9. The monoisotopic (exact) mass is 687 g/mol. The average molecular weight is 688 g/mol. The van der Waals surface area contributed by atoms with Crippen LogP contribution in [-0.4, -0.2) is 102 Å². The molecule has 0 aromatic rings. The van der Waals surface area contributed by atoms with Crippen LogP contribution in [0.2, 0.25) is 0 Å². The molecule has 0 aromatic carbocycles. The van der Waals surface area contributed by atoms with E-state index in [-0.39, 0.29) is 52.0 Å². The molecule has 0 aromatic heterocycles. The van der Waals surface area contributed by atoms with Gasteiger partial charge in [0.05, 0.1) is 43.2 Å². The number of carbonyl (C=O) groups is 1. The van der Waals surface area contributed by atoms with E-state index < -0.39 is 29.9 Å². The van der Waals surface area contributed by atoms with Crippen molar-refractivity contribution in [3.8, 4) is 0 Å². The van der Waals surface area contributed by atoms with Gasteiger partial charge in [0.2, 0.25) is 0 Å². The number of hydrogen-bond donors (Lipinski definition) is 2. The molecule has 49 heavy (non-hydrogen) atoms. The number of carbonyl (C=O) groups excluding carboxylic acids is 1. The Morgan fingerprint density at radius 3 is 2.43 bits per heavy atom. The Hall–Kier alpha value is -0.810. The Balaban J connectivity index is 1.02. The summed E-state index contributed by atoms with van der Waals surface area (Å²) in [7, 11) is 0. The molecule has 5 saturated carbocycles. The van der Waals surface area contributed by atoms with Crippen LogP contribution < -0.4 is 0 Å². The van der Waals surface area contributed by atoms with E-state index in [1.165, 1.54) is 32.6 Å². The molecule has 2 N–H and O–H groups in total. The summed E-state index contributed by atoms with van der Waals surface area (Å²) in [6.45, 7) is 21.1. The number of morpholine rings is 1. The van der Waals surface area contributed by atoms with Gasteiger partial charge in [-0.15, -0.1) is 0 Å². The van der Waals surface area contributed by atoms with Crippen molar-refractivity contribution in [3.63, 3.8) is 0 Å². The van der Waals surface area contributed by atoms with Crippen molar-refractivity contribution in [2.45, 2.75) is 162 Å². The second-order valence-electron chi connectivity index (χ2n) is 19.7. The molecule has 8 rings (SSSR count). The minimum Gasteiger partial charge on any atom is -0.457 e. The maximum atomic E-state index is 12.6. The highest BCUT2D eigenvalue weighted by atomic mass is 16.7. The van der Waals surface area contributed by atoms with Gasteiger partial charge in [-0.05, 0) is 117 Å². The van der Waals surface area contributed by atoms with E-state index in [0.717, 1.165) is 58.6 Å². The van der Waals surface area contributed by atoms with Crippen molar-refractivity contribution in [1.29, 1.82) is 0 Å². The van der Waals surface area contributed by atoms with Gasteiger partial charge in [0.1, 0.15) is 0 Å². The van der Waals surface area contributed by atoms with Gasteiger partial charge in [0.25, 0.3) is 0 Å². The van der Waals surface area contributed by atoms with Gasteiger partial charge in [-0.25, -0.2) is 0 Å². The Morgan fingerprint density at radius 2 is 1.73 bits per heavy atom. The SMILES string of the molecule is CC(=O)OC([C@@H]1C[C@@H](C)[C@H]2C(O1)[C@H](O)[C@@]1(C)C3CC[C@H]4C(C)(C)C(OC5CN(C6CCOC6)CCO5)CCC45CC35CCC21C)C(C)(C)O. The lowest BCUT2D eigenvalue weighted by Crippen LogP contribution is -2.60. The lowest BCUT2D eigenvalue weighted by Gasteiger charge is -2.64. The summed E-state index contributed by atoms with van der Waals surface area (Å²) in [4.78, 5) is 14.6. The highest BCUT2D eigenvalue weighted by Gasteiger charge is 2.84. The third kappa shape index (κ3) is 4.90. The van der Waals surface area contributed by atoms with E-state index >= 15 is 0 Å². The van der Waals surface area contributed by atoms with Crippen LogP contribution in [0.4, 0.5) is 0 Å². The predicted octanol–water partition coefficient (Wildman–Crippen LogP) is 5.33. The summed E-state index contributed by atoms with van der Waals surface area (Å²) in [5, 5.41) is 23.6. The van der Waals surface area contributed by atoms with Crippen molar-refractivity contribution in [2.24, 2.45) is 50.7 Å². The molecule has 8 fully saturated rings. The number of fused-ring (bicyclic) bond motifs is 4. The summed E-state index contributed by atoms with van der Waals surface area (Å²) in [6.07, 6.45) is 7.85. The van der Waals surface area contributed by atoms with Crippen molar-refractivity contribution in [3.05, 3.63) is 0 Å². The highest BCUT2D eigenvalue weighted by Crippen LogP contribution is 2.89. The number of ether oxygens (including phenoxy) is 5. The molecule has 2 spiro atoms. The maximum absolute atomic E-state index is 12.6. The Kier molecular flexibility index (Phi) is 8.34. The molecule has 9 nitrogen and oxygen atoms in total. The molecule has 5 aliphatic carbocycles. The summed E-state index contributed by atoms with van der Waals surface area (Å²) in [5.41, 5.74) is -0.953. The zero-order valence-electron chi connectivity index (χ0n) is 31.5. The first-order chi connectivity index (χ1) is 23.0. The first-order valence-corrected chi connectivity index (χ1v) is 19.8. The van der Waals surface area contributed by atoms with Gasteiger partial charge in [0, 0.05) is 38.1 Å². The first-order valence-electron chi connectivity index (χ1n) is 19.8. The van der Waals surface area contributed by atoms with E-state index in [1.54, 1.807) is 13.8 Å². The molecule has 0 radical (unpaired) electrons. The minimum atomic E-state index is -1.25. The number of rotatable bonds is 6. The number of nitrogens with zero attached hydrogens (tertiary/aromatic N) is 1. The first kappa shape index (κ1) is 35.2. The normalized spacial score (nSPS) is 52.6. The molecular formula is C40H65NO8. The number of aliphatic hydroxyl groups excluding tert-OH is 1. The van der Waals surface area contributed by atoms with Crippen molar-refractivity contribution in [2.75, 3.05) is 32.9 Å². The molecule has 3 aliphatic heterocycles. The molecule has 3 heterocycles. The van der Waals surface area contributed by atoms with Gasteiger partial charge in [-0.1, -0.05) is 34.6 Å². The minimum absolute atomic E-state index is 0.0480. The summed E-state index contributed by atoms with van der Waals surface area (Å²) in [5.74, 6) is 1.12. The summed E-state index contributed by atoms with van der Waals surface area (Å²) in [6, 6.07) is 0.489. The van der Waals surface area contributed by atoms with Gasteiger partial charge in [-0.2, -0.15) is 0 Å². The predicted molar refractivity (Wildman–Crippen MR) is 183 cm³/mol. The van der Waals surface area contributed by atoms with Gasteiger partial charge in [-0.3, -0.25) is 9.69 Å². The number of aliphatic hydroxyl groups is 2. The molecule has 15 atom stereocenters. The fourth-order valence-corrected chi connectivity index (χ4v) is 14.6. The van der Waals surface area contributed by atoms with E-state index in [0.29, 0.717) is 29.7 Å². The number of hydrogen-bond acceptors (Lipinski definition) is 9. The maximum Gasteiger partial charge on any atom is 0.303 e. The van der Waals surface area contributed by atoms with E-state index in [1.807, 2.05) is 0 Å². The Labute approximate surface area is 294 Å². The van der Waals surface area contributed by atoms with Gasteiger partial charge < -0.3 is 33.9 Å². The molecule has 0 bridgehead atoms. The molecule has 0 amide bonds. The van der Waals surface area contributed by atoms with E-state index in [2.05, 4.69) is 39.5 Å². The van der Waals surface area contributed by atoms with Crippen LogP contribution in [0.15, 0.2) is 0 Å². The van der Waals surface area contributed by atoms with Gasteiger partial charge in [0.15, 0.2) is 12.4 Å². The van der Waals surface area contributed by atoms with Crippen LogP contribution in [0.1, 0.15) is 113 Å². The second-order valence-corrected chi connectivity index (χ2v) is 19.7. The lowest BCUT2D eigenvalue weighted by molar-refractivity contribution is -0.251. The van der Waals surface area contributed by atoms with Crippen LogP contribution in [0.25, 0.3) is 0 Å². The van der Waals surface area contributed by atoms with E-state index in [9.17, 15) is 15.0 Å². The van der Waals surface area contributed by atoms with Crippen LogP contribution in [-0.2, 0) is 28.5 Å². The van der Waals surface area contributed by atoms with Crippen molar-refractivity contribution < 1.29 is 38.7 Å². The smallest absolute Gasteiger partial charge is 0.303 e. The molecular weight excluding hydrogens is 622 g/mol. The van der Waals surface area contributed by atoms with Crippen molar-refractivity contribution in [1.82, 2.24) is 4.90 Å². The molecule has 8 aliphatic rings. The zero-order chi connectivity index (χ0) is 34.9. The molecule has 9 unspecified atom stereocenters. The molecule has 9 heteroatoms. The van der Waals surface area contributed by atoms with Crippen LogP contribution in [0, 0.1) is 50.7 Å². The fourth-order valence-electron chi connectivity index (χ4n) is 14.6. The largest absolute Gasteiger partial charge is 0.457 e. The topological polar surface area (TPSA) is 107 Å².